The van der Waals surface area contributed by atoms with Gasteiger partial charge in [-0.25, -0.2) is 4.39 Å². The fourth-order valence-electron chi connectivity index (χ4n) is 3.39. The van der Waals surface area contributed by atoms with E-state index in [4.69, 9.17) is 11.6 Å². The molecular weight excluding hydrogens is 391 g/mol. The van der Waals surface area contributed by atoms with Crippen molar-refractivity contribution in [3.8, 4) is 23.0 Å². The topological polar surface area (TPSA) is 0 Å². The molecule has 0 radical (unpaired) electrons. The zero-order valence-electron chi connectivity index (χ0n) is 16.5. The Morgan fingerprint density at radius 2 is 1.53 bits per heavy atom. The third kappa shape index (κ3) is 4.46. The van der Waals surface area contributed by atoms with Crippen LogP contribution in [0.4, 0.5) is 4.39 Å². The van der Waals surface area contributed by atoms with Crippen LogP contribution in [0, 0.1) is 17.7 Å². The van der Waals surface area contributed by atoms with Crippen molar-refractivity contribution < 1.29 is 4.39 Å². The van der Waals surface area contributed by atoms with Crippen LogP contribution in [0.5, 0.6) is 0 Å². The average Bonchev–Trinajstić information content (AvgIpc) is 2.78. The normalized spacial score (nSPS) is 10.5. The minimum atomic E-state index is -0.232. The predicted molar refractivity (Wildman–Crippen MR) is 125 cm³/mol. The summed E-state index contributed by atoms with van der Waals surface area (Å²) >= 11 is 5.94. The van der Waals surface area contributed by atoms with Crippen LogP contribution in [0.3, 0.4) is 0 Å². The predicted octanol–water partition coefficient (Wildman–Crippen LogP) is 7.82. The zero-order chi connectivity index (χ0) is 20.9. The zero-order valence-corrected chi connectivity index (χ0v) is 17.2. The van der Waals surface area contributed by atoms with Crippen molar-refractivity contribution in [2.24, 2.45) is 0 Å². The third-order valence-corrected chi connectivity index (χ3v) is 5.30. The van der Waals surface area contributed by atoms with Crippen molar-refractivity contribution in [2.75, 3.05) is 0 Å². The molecule has 0 unspecified atom stereocenters. The number of benzene rings is 4. The standard InChI is InChI=1S/C28H20ClF/c1-2-3-4-20-5-7-21(8-6-20)9-10-22-11-17-27-24(19-22)14-18-26(28(27)30)23-12-15-25(29)16-13-23/h2,5-8,11-19H,1,3-4H2. The highest BCUT2D eigenvalue weighted by molar-refractivity contribution is 6.30. The van der Waals surface area contributed by atoms with Crippen LogP contribution in [0.25, 0.3) is 21.9 Å². The van der Waals surface area contributed by atoms with Gasteiger partial charge < -0.3 is 0 Å². The van der Waals surface area contributed by atoms with Crippen molar-refractivity contribution in [2.45, 2.75) is 12.8 Å². The minimum absolute atomic E-state index is 0.232. The van der Waals surface area contributed by atoms with Crippen LogP contribution in [0.2, 0.25) is 5.02 Å². The molecule has 4 rings (SSSR count). The fraction of sp³-hybridized carbons (Fsp3) is 0.0714. The second kappa shape index (κ2) is 8.99. The summed E-state index contributed by atoms with van der Waals surface area (Å²) in [6, 6.07) is 24.8. The summed E-state index contributed by atoms with van der Waals surface area (Å²) in [7, 11) is 0. The number of aryl methyl sites for hydroxylation is 1. The summed E-state index contributed by atoms with van der Waals surface area (Å²) in [6.07, 6.45) is 3.89. The summed E-state index contributed by atoms with van der Waals surface area (Å²) in [6.45, 7) is 3.76. The minimum Gasteiger partial charge on any atom is -0.206 e. The summed E-state index contributed by atoms with van der Waals surface area (Å²) in [5, 5.41) is 2.05. The lowest BCUT2D eigenvalue weighted by molar-refractivity contribution is 0.643. The van der Waals surface area contributed by atoms with Gasteiger partial charge in [0, 0.05) is 27.1 Å². The van der Waals surface area contributed by atoms with Crippen LogP contribution in [0.1, 0.15) is 23.1 Å². The molecule has 0 saturated carbocycles. The Hall–Kier alpha value is -3.34. The molecule has 0 bridgehead atoms. The first-order valence-corrected chi connectivity index (χ1v) is 10.2. The molecule has 0 aliphatic carbocycles. The molecule has 0 aliphatic rings. The molecule has 146 valence electrons. The maximum atomic E-state index is 15.1. The van der Waals surface area contributed by atoms with Crippen LogP contribution < -0.4 is 0 Å². The lowest BCUT2D eigenvalue weighted by Crippen LogP contribution is -1.88. The summed E-state index contributed by atoms with van der Waals surface area (Å²) in [4.78, 5) is 0. The molecule has 0 aliphatic heterocycles. The molecule has 4 aromatic carbocycles. The lowest BCUT2D eigenvalue weighted by atomic mass is 9.99. The van der Waals surface area contributed by atoms with Gasteiger partial charge in [0.05, 0.1) is 0 Å². The van der Waals surface area contributed by atoms with E-state index in [2.05, 4.69) is 30.6 Å². The molecule has 0 amide bonds. The average molecular weight is 411 g/mol. The molecule has 4 aromatic rings. The van der Waals surface area contributed by atoms with Gasteiger partial charge in [-0.2, -0.15) is 0 Å². The first-order chi connectivity index (χ1) is 14.6. The molecular formula is C28H20ClF. The van der Waals surface area contributed by atoms with E-state index in [0.29, 0.717) is 16.0 Å². The van der Waals surface area contributed by atoms with Gasteiger partial charge in [-0.05, 0) is 65.8 Å². The van der Waals surface area contributed by atoms with E-state index in [0.717, 1.165) is 34.9 Å². The second-order valence-corrected chi connectivity index (χ2v) is 7.58. The monoisotopic (exact) mass is 410 g/mol. The molecule has 0 N–H and O–H groups in total. The summed E-state index contributed by atoms with van der Waals surface area (Å²) < 4.78 is 15.1. The van der Waals surface area contributed by atoms with E-state index in [1.165, 1.54) is 5.56 Å². The van der Waals surface area contributed by atoms with E-state index in [9.17, 15) is 0 Å². The molecule has 0 fully saturated rings. The van der Waals surface area contributed by atoms with Crippen molar-refractivity contribution in [1.82, 2.24) is 0 Å². The Bertz CT molecular complexity index is 1260. The van der Waals surface area contributed by atoms with E-state index in [-0.39, 0.29) is 5.82 Å². The largest absolute Gasteiger partial charge is 0.206 e. The summed E-state index contributed by atoms with van der Waals surface area (Å²) in [5.41, 5.74) is 4.46. The van der Waals surface area contributed by atoms with Gasteiger partial charge in [-0.3, -0.25) is 0 Å². The van der Waals surface area contributed by atoms with Gasteiger partial charge in [0.25, 0.3) is 0 Å². The Labute approximate surface area is 181 Å². The molecule has 0 spiro atoms. The van der Waals surface area contributed by atoms with Gasteiger partial charge in [-0.15, -0.1) is 6.58 Å². The number of fused-ring (bicyclic) bond motifs is 1. The molecule has 0 saturated heterocycles. The Balaban J connectivity index is 1.60. The highest BCUT2D eigenvalue weighted by atomic mass is 35.5. The van der Waals surface area contributed by atoms with Gasteiger partial charge in [0.2, 0.25) is 0 Å². The highest BCUT2D eigenvalue weighted by Crippen LogP contribution is 2.30. The lowest BCUT2D eigenvalue weighted by Gasteiger charge is -2.07. The van der Waals surface area contributed by atoms with E-state index >= 15 is 4.39 Å². The highest BCUT2D eigenvalue weighted by Gasteiger charge is 2.09. The van der Waals surface area contributed by atoms with Gasteiger partial charge >= 0.3 is 0 Å². The molecule has 2 heteroatoms. The van der Waals surface area contributed by atoms with Crippen molar-refractivity contribution in [3.05, 3.63) is 119 Å². The molecule has 0 nitrogen and oxygen atoms in total. The molecule has 0 heterocycles. The maximum Gasteiger partial charge on any atom is 0.138 e. The van der Waals surface area contributed by atoms with Crippen LogP contribution in [-0.2, 0) is 6.42 Å². The van der Waals surface area contributed by atoms with Gasteiger partial charge in [0.1, 0.15) is 5.82 Å². The molecule has 30 heavy (non-hydrogen) atoms. The van der Waals surface area contributed by atoms with E-state index in [1.807, 2.05) is 48.5 Å². The van der Waals surface area contributed by atoms with Crippen LogP contribution in [-0.4, -0.2) is 0 Å². The Morgan fingerprint density at radius 1 is 0.833 bits per heavy atom. The fourth-order valence-corrected chi connectivity index (χ4v) is 3.52. The number of allylic oxidation sites excluding steroid dienone is 1. The molecule has 0 atom stereocenters. The Morgan fingerprint density at radius 3 is 2.27 bits per heavy atom. The quantitative estimate of drug-likeness (QED) is 0.237. The van der Waals surface area contributed by atoms with E-state index in [1.54, 1.807) is 24.3 Å². The van der Waals surface area contributed by atoms with Crippen LogP contribution in [0.15, 0.2) is 91.5 Å². The maximum absolute atomic E-state index is 15.1. The SMILES string of the molecule is C=CCCc1ccc(C#Cc2ccc3c(F)c(-c4ccc(Cl)cc4)ccc3c2)cc1. The second-order valence-electron chi connectivity index (χ2n) is 7.14. The van der Waals surface area contributed by atoms with Crippen molar-refractivity contribution >= 4 is 22.4 Å². The van der Waals surface area contributed by atoms with Gasteiger partial charge in [0.15, 0.2) is 0 Å². The summed E-state index contributed by atoms with van der Waals surface area (Å²) in [5.74, 6) is 6.14. The first kappa shape index (κ1) is 20.0. The number of halogens is 2. The smallest absolute Gasteiger partial charge is 0.138 e. The Kier molecular flexibility index (Phi) is 5.98. The number of rotatable bonds is 4. The van der Waals surface area contributed by atoms with Crippen molar-refractivity contribution in [3.63, 3.8) is 0 Å². The van der Waals surface area contributed by atoms with Gasteiger partial charge in [-0.1, -0.05) is 72.0 Å². The molecule has 0 aromatic heterocycles. The first-order valence-electron chi connectivity index (χ1n) is 9.84. The van der Waals surface area contributed by atoms with Crippen LogP contribution >= 0.6 is 11.6 Å². The third-order valence-electron chi connectivity index (χ3n) is 5.05. The number of hydrogen-bond acceptors (Lipinski definition) is 0. The van der Waals surface area contributed by atoms with E-state index < -0.39 is 0 Å². The number of hydrogen-bond donors (Lipinski definition) is 0. The van der Waals surface area contributed by atoms with Crippen molar-refractivity contribution in [1.29, 1.82) is 0 Å².